The Kier molecular flexibility index (Phi) is 4.51. The molecular weight excluding hydrogens is 281 g/mol. The van der Waals surface area contributed by atoms with Crippen molar-refractivity contribution in [2.24, 2.45) is 0 Å². The van der Waals surface area contributed by atoms with Crippen molar-refractivity contribution in [3.63, 3.8) is 0 Å². The van der Waals surface area contributed by atoms with Gasteiger partial charge in [0.25, 0.3) is 0 Å². The van der Waals surface area contributed by atoms with E-state index in [2.05, 4.69) is 0 Å². The first-order chi connectivity index (χ1) is 8.94. The fraction of sp³-hybridized carbons (Fsp3) is 0.538. The van der Waals surface area contributed by atoms with Gasteiger partial charge in [-0.1, -0.05) is 32.3 Å². The third kappa shape index (κ3) is 3.49. The van der Waals surface area contributed by atoms with Crippen LogP contribution in [0, 0.1) is 0 Å². The van der Waals surface area contributed by atoms with Gasteiger partial charge < -0.3 is 0 Å². The van der Waals surface area contributed by atoms with Crippen LogP contribution in [0.5, 0.6) is 0 Å². The van der Waals surface area contributed by atoms with Crippen LogP contribution in [0.2, 0.25) is 0 Å². The van der Waals surface area contributed by atoms with Gasteiger partial charge in [0.2, 0.25) is 0 Å². The second-order valence-electron chi connectivity index (χ2n) is 4.11. The Morgan fingerprint density at radius 1 is 0.750 bits per heavy atom. The highest BCUT2D eigenvalue weighted by Crippen LogP contribution is 2.39. The zero-order chi connectivity index (χ0) is 15.8. The van der Waals surface area contributed by atoms with Crippen molar-refractivity contribution in [1.29, 1.82) is 0 Å². The average Bonchev–Trinajstić information content (AvgIpc) is 2.35. The van der Waals surface area contributed by atoms with Crippen molar-refractivity contribution in [1.82, 2.24) is 0 Å². The lowest BCUT2D eigenvalue weighted by atomic mass is 9.60. The van der Waals surface area contributed by atoms with Crippen LogP contribution in [0.4, 0.5) is 26.3 Å². The number of hydrogen-bond acceptors (Lipinski definition) is 0. The minimum absolute atomic E-state index is 0.185. The van der Waals surface area contributed by atoms with Crippen LogP contribution in [0.25, 0.3) is 0 Å². The van der Waals surface area contributed by atoms with E-state index in [0.717, 1.165) is 12.1 Å². The first kappa shape index (κ1) is 16.9. The highest BCUT2D eigenvalue weighted by atomic mass is 19.4. The average molecular weight is 297 g/mol. The summed E-state index contributed by atoms with van der Waals surface area (Å²) in [6, 6.07) is 1.96. The Morgan fingerprint density at radius 3 is 1.30 bits per heavy atom. The SMILES string of the molecule is [BH3-]C(CC)(CC)c1cc(C(F)(F)F)cc(C(F)(F)F)c1. The molecule has 0 saturated carbocycles. The molecule has 0 aliphatic rings. The predicted octanol–water partition coefficient (Wildman–Crippen LogP) is 4.10. The van der Waals surface area contributed by atoms with Gasteiger partial charge >= 0.3 is 12.4 Å². The van der Waals surface area contributed by atoms with Gasteiger partial charge in [-0.05, 0) is 26.0 Å². The van der Waals surface area contributed by atoms with E-state index in [1.807, 2.05) is 13.8 Å². The van der Waals surface area contributed by atoms with Gasteiger partial charge in [0.1, 0.15) is 0 Å². The van der Waals surface area contributed by atoms with E-state index >= 15 is 0 Å². The lowest BCUT2D eigenvalue weighted by Gasteiger charge is -2.34. The first-order valence-corrected chi connectivity index (χ1v) is 5.74. The van der Waals surface area contributed by atoms with Crippen molar-refractivity contribution >= 4 is 7.85 Å². The lowest BCUT2D eigenvalue weighted by Crippen LogP contribution is -2.26. The van der Waals surface area contributed by atoms with Gasteiger partial charge in [0.05, 0.1) is 11.1 Å². The standard InChI is InChI=1S/C13H16BF6/c1-3-11(14,4-2)8-5-9(12(15,16)17)7-10(6-8)13(18,19)20/h5-7H,3-4H2,1-2,14H3/q-1. The van der Waals surface area contributed by atoms with Crippen LogP contribution in [-0.2, 0) is 17.7 Å². The molecule has 0 fully saturated rings. The summed E-state index contributed by atoms with van der Waals surface area (Å²) in [5.41, 5.74) is -2.24. The van der Waals surface area contributed by atoms with Crippen molar-refractivity contribution in [3.05, 3.63) is 34.9 Å². The molecule has 0 heterocycles. The summed E-state index contributed by atoms with van der Waals surface area (Å²) in [5, 5.41) is -0.457. The van der Waals surface area contributed by atoms with Gasteiger partial charge in [0, 0.05) is 0 Å². The molecule has 1 aromatic carbocycles. The smallest absolute Gasteiger partial charge is 0.166 e. The number of alkyl halides is 6. The molecule has 0 aromatic heterocycles. The van der Waals surface area contributed by atoms with Gasteiger partial charge in [-0.15, -0.1) is 5.31 Å². The molecular formula is C13H16BF6-. The summed E-state index contributed by atoms with van der Waals surface area (Å²) in [7, 11) is -0.450. The molecule has 0 radical (unpaired) electrons. The Morgan fingerprint density at radius 2 is 1.05 bits per heavy atom. The molecule has 7 heteroatoms. The lowest BCUT2D eigenvalue weighted by molar-refractivity contribution is -0.143. The van der Waals surface area contributed by atoms with Crippen LogP contribution in [0.3, 0.4) is 0 Å². The molecule has 0 N–H and O–H groups in total. The van der Waals surface area contributed by atoms with Crippen LogP contribution in [-0.4, -0.2) is 7.85 Å². The highest BCUT2D eigenvalue weighted by Gasteiger charge is 2.37. The molecule has 0 aliphatic heterocycles. The predicted molar refractivity (Wildman–Crippen MR) is 68.6 cm³/mol. The van der Waals surface area contributed by atoms with E-state index in [0.29, 0.717) is 12.8 Å². The third-order valence-electron chi connectivity index (χ3n) is 2.85. The molecule has 0 unspecified atom stereocenters. The van der Waals surface area contributed by atoms with Crippen molar-refractivity contribution in [3.8, 4) is 0 Å². The molecule has 114 valence electrons. The zero-order valence-corrected chi connectivity index (χ0v) is 10.4. The molecule has 0 nitrogen and oxygen atoms in total. The molecule has 0 amide bonds. The van der Waals surface area contributed by atoms with E-state index in [-0.39, 0.29) is 11.6 Å². The Hall–Kier alpha value is -1.14. The Balaban J connectivity index is 3.54. The molecule has 20 heavy (non-hydrogen) atoms. The third-order valence-corrected chi connectivity index (χ3v) is 2.85. The number of halogens is 6. The van der Waals surface area contributed by atoms with E-state index in [1.54, 1.807) is 0 Å². The van der Waals surface area contributed by atoms with E-state index in [1.165, 1.54) is 0 Å². The highest BCUT2D eigenvalue weighted by molar-refractivity contribution is 6.15. The minimum Gasteiger partial charge on any atom is -0.166 e. The van der Waals surface area contributed by atoms with Gasteiger partial charge in [-0.25, -0.2) is 0 Å². The van der Waals surface area contributed by atoms with Gasteiger partial charge in [0.15, 0.2) is 0 Å². The summed E-state index contributed by atoms with van der Waals surface area (Å²) in [6.07, 6.45) is -8.39. The van der Waals surface area contributed by atoms with E-state index < -0.39 is 36.6 Å². The molecule has 0 aliphatic carbocycles. The van der Waals surface area contributed by atoms with Crippen LogP contribution >= 0.6 is 0 Å². The molecule has 1 aromatic rings. The zero-order valence-electron chi connectivity index (χ0n) is 10.4. The summed E-state index contributed by atoms with van der Waals surface area (Å²) < 4.78 is 76.7. The largest absolute Gasteiger partial charge is 0.416 e. The maximum Gasteiger partial charge on any atom is 0.416 e. The summed E-state index contributed by atoms with van der Waals surface area (Å²) in [4.78, 5) is 0. The summed E-state index contributed by atoms with van der Waals surface area (Å²) in [6.45, 7) is 3.62. The maximum absolute atomic E-state index is 12.8. The van der Waals surface area contributed by atoms with Crippen molar-refractivity contribution in [2.45, 2.75) is 44.4 Å². The van der Waals surface area contributed by atoms with Crippen molar-refractivity contribution < 1.29 is 26.3 Å². The molecule has 1 rings (SSSR count). The van der Waals surface area contributed by atoms with Crippen LogP contribution < -0.4 is 0 Å². The second-order valence-corrected chi connectivity index (χ2v) is 4.11. The van der Waals surface area contributed by atoms with Gasteiger partial charge in [-0.2, -0.15) is 26.3 Å². The molecule has 0 spiro atoms. The summed E-state index contributed by atoms with van der Waals surface area (Å²) in [5.74, 6) is 0. The summed E-state index contributed by atoms with van der Waals surface area (Å²) >= 11 is 0. The van der Waals surface area contributed by atoms with Crippen LogP contribution in [0.15, 0.2) is 18.2 Å². The Bertz CT molecular complexity index is 438. The number of rotatable bonds is 3. The van der Waals surface area contributed by atoms with Gasteiger partial charge in [-0.3, -0.25) is 0 Å². The second kappa shape index (κ2) is 5.33. The number of hydrogen-bond donors (Lipinski definition) is 0. The topological polar surface area (TPSA) is 0 Å². The maximum atomic E-state index is 12.8. The van der Waals surface area contributed by atoms with E-state index in [4.69, 9.17) is 0 Å². The van der Waals surface area contributed by atoms with E-state index in [9.17, 15) is 26.3 Å². The molecule has 0 saturated heterocycles. The normalized spacial score (nSPS) is 13.7. The molecule has 0 atom stereocenters. The quantitative estimate of drug-likeness (QED) is 0.582. The minimum atomic E-state index is -4.77. The molecule has 0 bridgehead atoms. The van der Waals surface area contributed by atoms with Crippen LogP contribution in [0.1, 0.15) is 43.4 Å². The number of benzene rings is 1. The first-order valence-electron chi connectivity index (χ1n) is 5.74. The fourth-order valence-corrected chi connectivity index (χ4v) is 1.82. The van der Waals surface area contributed by atoms with Crippen molar-refractivity contribution in [2.75, 3.05) is 0 Å². The fourth-order valence-electron chi connectivity index (χ4n) is 1.82. The Labute approximate surface area is 114 Å². The monoisotopic (exact) mass is 297 g/mol.